The van der Waals surface area contributed by atoms with E-state index in [-0.39, 0.29) is 11.9 Å². The van der Waals surface area contributed by atoms with Crippen LogP contribution in [0.5, 0.6) is 5.75 Å². The smallest absolute Gasteiger partial charge is 0.277 e. The summed E-state index contributed by atoms with van der Waals surface area (Å²) < 4.78 is 5.55. The molecule has 2 heterocycles. The molecule has 1 aromatic carbocycles. The largest absolute Gasteiger partial charge is 0.490 e. The lowest BCUT2D eigenvalue weighted by Gasteiger charge is -2.28. The highest BCUT2D eigenvalue weighted by Gasteiger charge is 2.26. The second kappa shape index (κ2) is 5.22. The van der Waals surface area contributed by atoms with Crippen molar-refractivity contribution >= 4 is 22.9 Å². The van der Waals surface area contributed by atoms with Gasteiger partial charge in [0.1, 0.15) is 23.1 Å². The number of fused-ring (bicyclic) bond motifs is 1. The van der Waals surface area contributed by atoms with Crippen LogP contribution in [0.1, 0.15) is 28.5 Å². The molecule has 1 amide bonds. The number of carbonyl (C=O) groups excluding carboxylic acids is 1. The van der Waals surface area contributed by atoms with Crippen molar-refractivity contribution in [3.63, 3.8) is 0 Å². The highest BCUT2D eigenvalue weighted by Crippen LogP contribution is 2.32. The topological polar surface area (TPSA) is 68.5 Å². The summed E-state index contributed by atoms with van der Waals surface area (Å²) in [6.45, 7) is 2.88. The van der Waals surface area contributed by atoms with Gasteiger partial charge < -0.3 is 15.4 Å². The van der Waals surface area contributed by atoms with Gasteiger partial charge >= 0.3 is 0 Å². The van der Waals surface area contributed by atoms with Gasteiger partial charge in [-0.25, -0.2) is 4.98 Å². The number of aromatic nitrogens is 1. The molecule has 0 aliphatic carbocycles. The van der Waals surface area contributed by atoms with Crippen LogP contribution in [0, 0.1) is 0 Å². The molecule has 0 radical (unpaired) electrons. The molecule has 0 saturated carbocycles. The fourth-order valence-electron chi connectivity index (χ4n) is 2.11. The van der Waals surface area contributed by atoms with Gasteiger partial charge in [-0.2, -0.15) is 0 Å². The van der Waals surface area contributed by atoms with E-state index in [1.807, 2.05) is 31.2 Å². The summed E-state index contributed by atoms with van der Waals surface area (Å²) in [6.07, 6.45) is 0. The Bertz CT molecular complexity index is 639. The van der Waals surface area contributed by atoms with Crippen LogP contribution in [0.4, 0.5) is 5.69 Å². The first kappa shape index (κ1) is 13.1. The lowest BCUT2D eigenvalue weighted by molar-refractivity contribution is 0.0972. The Hall–Kier alpha value is -1.92. The van der Waals surface area contributed by atoms with Crippen LogP contribution in [0.25, 0.3) is 0 Å². The number of hydrogen-bond donors (Lipinski definition) is 1. The minimum atomic E-state index is -0.154. The molecule has 1 aromatic heterocycles. The van der Waals surface area contributed by atoms with Crippen molar-refractivity contribution in [3.8, 4) is 5.75 Å². The Morgan fingerprint density at radius 2 is 2.30 bits per heavy atom. The number of nitrogens with two attached hydrogens (primary N) is 1. The van der Waals surface area contributed by atoms with Crippen LogP contribution < -0.4 is 15.4 Å². The van der Waals surface area contributed by atoms with Gasteiger partial charge in [0.05, 0.1) is 18.3 Å². The minimum absolute atomic E-state index is 0.107. The summed E-state index contributed by atoms with van der Waals surface area (Å²) in [4.78, 5) is 18.6. The monoisotopic (exact) mass is 289 g/mol. The maximum atomic E-state index is 12.6. The number of anilines is 1. The van der Waals surface area contributed by atoms with Crippen LogP contribution in [0.2, 0.25) is 0 Å². The predicted molar refractivity (Wildman–Crippen MR) is 78.3 cm³/mol. The number of thiazole rings is 1. The van der Waals surface area contributed by atoms with Crippen molar-refractivity contribution < 1.29 is 9.53 Å². The van der Waals surface area contributed by atoms with Gasteiger partial charge in [0, 0.05) is 5.38 Å². The second-order valence-corrected chi connectivity index (χ2v) is 5.52. The van der Waals surface area contributed by atoms with E-state index < -0.39 is 0 Å². The molecular formula is C14H15N3O2S. The zero-order valence-corrected chi connectivity index (χ0v) is 11.9. The Labute approximate surface area is 121 Å². The number of benzene rings is 1. The van der Waals surface area contributed by atoms with E-state index in [1.54, 1.807) is 10.3 Å². The fourth-order valence-corrected chi connectivity index (χ4v) is 2.87. The third kappa shape index (κ3) is 2.28. The van der Waals surface area contributed by atoms with E-state index in [1.165, 1.54) is 11.3 Å². The molecule has 2 N–H and O–H groups in total. The van der Waals surface area contributed by atoms with Gasteiger partial charge in [-0.3, -0.25) is 4.79 Å². The number of nitrogens with zero attached hydrogens (tertiary/aromatic N) is 2. The SMILES string of the molecule is CC(N)c1nc(C(=O)N2CCOc3ccccc32)cs1. The maximum absolute atomic E-state index is 12.6. The molecule has 104 valence electrons. The standard InChI is InChI=1S/C14H15N3O2S/c1-9(15)13-16-10(8-20-13)14(18)17-6-7-19-12-5-3-2-4-11(12)17/h2-5,8-9H,6-7,15H2,1H3. The molecule has 0 bridgehead atoms. The Morgan fingerprint density at radius 1 is 1.50 bits per heavy atom. The molecule has 2 aromatic rings. The average Bonchev–Trinajstić information content (AvgIpc) is 2.96. The summed E-state index contributed by atoms with van der Waals surface area (Å²) in [7, 11) is 0. The van der Waals surface area contributed by atoms with Gasteiger partial charge in [0.15, 0.2) is 0 Å². The number of hydrogen-bond acceptors (Lipinski definition) is 5. The van der Waals surface area contributed by atoms with Gasteiger partial charge in [-0.05, 0) is 19.1 Å². The number of carbonyl (C=O) groups is 1. The molecule has 1 aliphatic rings. The minimum Gasteiger partial charge on any atom is -0.490 e. The van der Waals surface area contributed by atoms with E-state index in [4.69, 9.17) is 10.5 Å². The summed E-state index contributed by atoms with van der Waals surface area (Å²) in [5, 5.41) is 2.54. The molecule has 0 fully saturated rings. The molecule has 20 heavy (non-hydrogen) atoms. The predicted octanol–water partition coefficient (Wildman–Crippen LogP) is 2.20. The van der Waals surface area contributed by atoms with Gasteiger partial charge in [0.25, 0.3) is 5.91 Å². The van der Waals surface area contributed by atoms with Gasteiger partial charge in [-0.15, -0.1) is 11.3 Å². The number of para-hydroxylation sites is 2. The van der Waals surface area contributed by atoms with E-state index in [0.29, 0.717) is 18.8 Å². The molecule has 0 saturated heterocycles. The summed E-state index contributed by atoms with van der Waals surface area (Å²) in [5.74, 6) is 0.624. The molecule has 1 aliphatic heterocycles. The van der Waals surface area contributed by atoms with E-state index in [9.17, 15) is 4.79 Å². The van der Waals surface area contributed by atoms with Crippen molar-refractivity contribution in [1.29, 1.82) is 0 Å². The Kier molecular flexibility index (Phi) is 3.42. The quantitative estimate of drug-likeness (QED) is 0.920. The van der Waals surface area contributed by atoms with Crippen LogP contribution in [0.15, 0.2) is 29.6 Å². The zero-order chi connectivity index (χ0) is 14.1. The molecular weight excluding hydrogens is 274 g/mol. The first-order valence-electron chi connectivity index (χ1n) is 6.41. The van der Waals surface area contributed by atoms with E-state index in [2.05, 4.69) is 4.98 Å². The van der Waals surface area contributed by atoms with E-state index >= 15 is 0 Å². The Morgan fingerprint density at radius 3 is 3.05 bits per heavy atom. The van der Waals surface area contributed by atoms with Crippen molar-refractivity contribution in [2.24, 2.45) is 5.73 Å². The van der Waals surface area contributed by atoms with Gasteiger partial charge in [0.2, 0.25) is 0 Å². The first-order valence-corrected chi connectivity index (χ1v) is 7.29. The van der Waals surface area contributed by atoms with Crippen molar-refractivity contribution in [1.82, 2.24) is 4.98 Å². The van der Waals surface area contributed by atoms with Crippen molar-refractivity contribution in [3.05, 3.63) is 40.3 Å². The van der Waals surface area contributed by atoms with Gasteiger partial charge in [-0.1, -0.05) is 12.1 Å². The van der Waals surface area contributed by atoms with Crippen LogP contribution in [0.3, 0.4) is 0 Å². The first-order chi connectivity index (χ1) is 9.66. The van der Waals surface area contributed by atoms with Crippen LogP contribution >= 0.6 is 11.3 Å². The summed E-state index contributed by atoms with van der Waals surface area (Å²) in [5.41, 5.74) is 7.02. The zero-order valence-electron chi connectivity index (χ0n) is 11.1. The normalized spacial score (nSPS) is 15.4. The molecule has 3 rings (SSSR count). The summed E-state index contributed by atoms with van der Waals surface area (Å²) in [6, 6.07) is 7.37. The average molecular weight is 289 g/mol. The number of rotatable bonds is 2. The van der Waals surface area contributed by atoms with Crippen LogP contribution in [-0.2, 0) is 0 Å². The molecule has 6 heteroatoms. The van der Waals surface area contributed by atoms with Crippen molar-refractivity contribution in [2.75, 3.05) is 18.1 Å². The fraction of sp³-hybridized carbons (Fsp3) is 0.286. The lowest BCUT2D eigenvalue weighted by atomic mass is 10.2. The third-order valence-corrected chi connectivity index (χ3v) is 4.15. The maximum Gasteiger partial charge on any atom is 0.277 e. The second-order valence-electron chi connectivity index (χ2n) is 4.63. The number of amides is 1. The molecule has 5 nitrogen and oxygen atoms in total. The highest BCUT2D eigenvalue weighted by molar-refractivity contribution is 7.09. The molecule has 0 spiro atoms. The Balaban J connectivity index is 1.91. The van der Waals surface area contributed by atoms with Crippen LogP contribution in [-0.4, -0.2) is 24.0 Å². The lowest BCUT2D eigenvalue weighted by Crippen LogP contribution is -2.38. The highest BCUT2D eigenvalue weighted by atomic mass is 32.1. The number of ether oxygens (including phenoxy) is 1. The van der Waals surface area contributed by atoms with Crippen molar-refractivity contribution in [2.45, 2.75) is 13.0 Å². The third-order valence-electron chi connectivity index (χ3n) is 3.10. The summed E-state index contributed by atoms with van der Waals surface area (Å²) >= 11 is 1.42. The molecule has 1 atom stereocenters. The molecule has 1 unspecified atom stereocenters. The van der Waals surface area contributed by atoms with E-state index in [0.717, 1.165) is 16.4 Å².